The van der Waals surface area contributed by atoms with Crippen LogP contribution in [0, 0.1) is 0 Å². The van der Waals surface area contributed by atoms with Crippen LogP contribution in [0.2, 0.25) is 0 Å². The van der Waals surface area contributed by atoms with E-state index in [1.165, 1.54) is 11.8 Å². The number of carboxylic acids is 1. The van der Waals surface area contributed by atoms with E-state index in [2.05, 4.69) is 0 Å². The van der Waals surface area contributed by atoms with E-state index in [1.807, 2.05) is 6.07 Å². The smallest absolute Gasteiger partial charge is 0.339 e. The van der Waals surface area contributed by atoms with Gasteiger partial charge in [-0.3, -0.25) is 0 Å². The summed E-state index contributed by atoms with van der Waals surface area (Å²) in [5.41, 5.74) is 0.815. The minimum atomic E-state index is -0.977. The van der Waals surface area contributed by atoms with Crippen molar-refractivity contribution in [2.75, 3.05) is 12.4 Å². The van der Waals surface area contributed by atoms with Crippen LogP contribution >= 0.6 is 11.8 Å². The van der Waals surface area contributed by atoms with E-state index in [0.717, 1.165) is 0 Å². The second-order valence-corrected chi connectivity index (χ2v) is 4.58. The molecule has 90 valence electrons. The monoisotopic (exact) mass is 252 g/mol. The van der Waals surface area contributed by atoms with Crippen LogP contribution < -0.4 is 0 Å². The molecule has 17 heavy (non-hydrogen) atoms. The molecule has 2 rings (SSSR count). The standard InChI is InChI=1S/C12H12O4S/c13-5-6-17-7-10-11(12(14)15)8-3-1-2-4-9(8)16-10/h1-4,13H,5-7H2,(H,14,15). The molecule has 0 spiro atoms. The molecule has 0 saturated carbocycles. The predicted molar refractivity (Wildman–Crippen MR) is 66.4 cm³/mol. The Labute approximate surface area is 102 Å². The highest BCUT2D eigenvalue weighted by molar-refractivity contribution is 7.98. The van der Waals surface area contributed by atoms with Crippen LogP contribution in [-0.2, 0) is 5.75 Å². The first kappa shape index (κ1) is 12.0. The van der Waals surface area contributed by atoms with Gasteiger partial charge in [0.05, 0.1) is 12.4 Å². The molecule has 2 aromatic rings. The van der Waals surface area contributed by atoms with Gasteiger partial charge < -0.3 is 14.6 Å². The van der Waals surface area contributed by atoms with Gasteiger partial charge >= 0.3 is 5.97 Å². The number of aliphatic hydroxyl groups is 1. The molecule has 4 nitrogen and oxygen atoms in total. The second kappa shape index (κ2) is 5.25. The molecule has 1 aromatic carbocycles. The van der Waals surface area contributed by atoms with Gasteiger partial charge in [-0.05, 0) is 6.07 Å². The third kappa shape index (κ3) is 2.45. The Morgan fingerprint density at radius 3 is 2.82 bits per heavy atom. The molecule has 5 heteroatoms. The molecule has 0 aliphatic rings. The number of benzene rings is 1. The van der Waals surface area contributed by atoms with E-state index >= 15 is 0 Å². The second-order valence-electron chi connectivity index (χ2n) is 3.48. The lowest BCUT2D eigenvalue weighted by molar-refractivity contribution is 0.0697. The molecule has 0 unspecified atom stereocenters. The van der Waals surface area contributed by atoms with Gasteiger partial charge in [-0.25, -0.2) is 4.79 Å². The molecule has 0 atom stereocenters. The van der Waals surface area contributed by atoms with Crippen molar-refractivity contribution < 1.29 is 19.4 Å². The fourth-order valence-electron chi connectivity index (χ4n) is 1.66. The van der Waals surface area contributed by atoms with Crippen LogP contribution in [0.15, 0.2) is 28.7 Å². The highest BCUT2D eigenvalue weighted by Crippen LogP contribution is 2.28. The zero-order chi connectivity index (χ0) is 12.3. The Kier molecular flexibility index (Phi) is 3.71. The molecule has 0 saturated heterocycles. The Hall–Kier alpha value is -1.46. The summed E-state index contributed by atoms with van der Waals surface area (Å²) in [5, 5.41) is 18.5. The lowest BCUT2D eigenvalue weighted by atomic mass is 10.1. The zero-order valence-corrected chi connectivity index (χ0v) is 9.87. The Morgan fingerprint density at radius 2 is 2.12 bits per heavy atom. The number of furan rings is 1. The van der Waals surface area contributed by atoms with Crippen molar-refractivity contribution in [2.45, 2.75) is 5.75 Å². The molecule has 0 aliphatic carbocycles. The molecular formula is C12H12O4S. The van der Waals surface area contributed by atoms with Gasteiger partial charge in [0.2, 0.25) is 0 Å². The lowest BCUT2D eigenvalue weighted by Gasteiger charge is -1.97. The van der Waals surface area contributed by atoms with E-state index in [4.69, 9.17) is 9.52 Å². The minimum Gasteiger partial charge on any atom is -0.478 e. The molecule has 0 aliphatic heterocycles. The summed E-state index contributed by atoms with van der Waals surface area (Å²) in [6.45, 7) is 0.0767. The molecule has 1 heterocycles. The van der Waals surface area contributed by atoms with E-state index < -0.39 is 5.97 Å². The number of rotatable bonds is 5. The molecule has 1 aromatic heterocycles. The number of aromatic carboxylic acids is 1. The van der Waals surface area contributed by atoms with Crippen molar-refractivity contribution in [3.8, 4) is 0 Å². The van der Waals surface area contributed by atoms with E-state index in [1.54, 1.807) is 18.2 Å². The summed E-state index contributed by atoms with van der Waals surface area (Å²) in [7, 11) is 0. The topological polar surface area (TPSA) is 70.7 Å². The quantitative estimate of drug-likeness (QED) is 0.799. The van der Waals surface area contributed by atoms with Gasteiger partial charge in [0.25, 0.3) is 0 Å². The van der Waals surface area contributed by atoms with Crippen LogP contribution in [0.1, 0.15) is 16.1 Å². The molecule has 0 amide bonds. The van der Waals surface area contributed by atoms with Crippen LogP contribution in [-0.4, -0.2) is 28.5 Å². The van der Waals surface area contributed by atoms with Crippen molar-refractivity contribution in [1.29, 1.82) is 0 Å². The molecular weight excluding hydrogens is 240 g/mol. The lowest BCUT2D eigenvalue weighted by Crippen LogP contribution is -1.99. The van der Waals surface area contributed by atoms with Crippen molar-refractivity contribution in [1.82, 2.24) is 0 Å². The van der Waals surface area contributed by atoms with Crippen molar-refractivity contribution >= 4 is 28.7 Å². The number of carbonyl (C=O) groups is 1. The maximum absolute atomic E-state index is 11.2. The maximum atomic E-state index is 11.2. The number of hydrogen-bond acceptors (Lipinski definition) is 4. The number of thioether (sulfide) groups is 1. The third-order valence-electron chi connectivity index (χ3n) is 2.35. The van der Waals surface area contributed by atoms with Crippen LogP contribution in [0.25, 0.3) is 11.0 Å². The van der Waals surface area contributed by atoms with Gasteiger partial charge in [0, 0.05) is 11.1 Å². The highest BCUT2D eigenvalue weighted by atomic mass is 32.2. The normalized spacial score (nSPS) is 10.9. The molecule has 0 radical (unpaired) electrons. The third-order valence-corrected chi connectivity index (χ3v) is 3.29. The summed E-state index contributed by atoms with van der Waals surface area (Å²) >= 11 is 1.45. The summed E-state index contributed by atoms with van der Waals surface area (Å²) in [6.07, 6.45) is 0. The van der Waals surface area contributed by atoms with E-state index in [-0.39, 0.29) is 12.2 Å². The summed E-state index contributed by atoms with van der Waals surface area (Å²) in [5.74, 6) is 0.499. The predicted octanol–water partition coefficient (Wildman–Crippen LogP) is 2.36. The van der Waals surface area contributed by atoms with Crippen LogP contribution in [0.4, 0.5) is 0 Å². The van der Waals surface area contributed by atoms with Crippen molar-refractivity contribution in [3.05, 3.63) is 35.6 Å². The first-order chi connectivity index (χ1) is 8.24. The fourth-order valence-corrected chi connectivity index (χ4v) is 2.32. The number of fused-ring (bicyclic) bond motifs is 1. The first-order valence-corrected chi connectivity index (χ1v) is 6.32. The Balaban J connectivity index is 2.39. The van der Waals surface area contributed by atoms with Gasteiger partial charge in [0.15, 0.2) is 0 Å². The van der Waals surface area contributed by atoms with Gasteiger partial charge in [0.1, 0.15) is 16.9 Å². The Morgan fingerprint density at radius 1 is 1.35 bits per heavy atom. The van der Waals surface area contributed by atoms with Crippen LogP contribution in [0.5, 0.6) is 0 Å². The molecule has 0 bridgehead atoms. The average Bonchev–Trinajstić information content (AvgIpc) is 2.67. The zero-order valence-electron chi connectivity index (χ0n) is 9.05. The molecule has 2 N–H and O–H groups in total. The Bertz CT molecular complexity index is 532. The SMILES string of the molecule is O=C(O)c1c(CSCCO)oc2ccccc12. The van der Waals surface area contributed by atoms with Crippen LogP contribution in [0.3, 0.4) is 0 Å². The summed E-state index contributed by atoms with van der Waals surface area (Å²) < 4.78 is 5.52. The summed E-state index contributed by atoms with van der Waals surface area (Å²) in [4.78, 5) is 11.2. The minimum absolute atomic E-state index is 0.0767. The number of carboxylic acid groups (broad SMARTS) is 1. The van der Waals surface area contributed by atoms with Gasteiger partial charge in [-0.2, -0.15) is 11.8 Å². The first-order valence-electron chi connectivity index (χ1n) is 5.16. The maximum Gasteiger partial charge on any atom is 0.339 e. The largest absolute Gasteiger partial charge is 0.478 e. The van der Waals surface area contributed by atoms with Gasteiger partial charge in [-0.1, -0.05) is 18.2 Å². The van der Waals surface area contributed by atoms with E-state index in [9.17, 15) is 9.90 Å². The number of aliphatic hydroxyl groups excluding tert-OH is 1. The van der Waals surface area contributed by atoms with E-state index in [0.29, 0.717) is 28.2 Å². The average molecular weight is 252 g/mol. The highest BCUT2D eigenvalue weighted by Gasteiger charge is 2.19. The number of para-hydroxylation sites is 1. The van der Waals surface area contributed by atoms with Crippen molar-refractivity contribution in [2.24, 2.45) is 0 Å². The fraction of sp³-hybridized carbons (Fsp3) is 0.250. The number of hydrogen-bond donors (Lipinski definition) is 2. The van der Waals surface area contributed by atoms with Crippen molar-refractivity contribution in [3.63, 3.8) is 0 Å². The van der Waals surface area contributed by atoms with Gasteiger partial charge in [-0.15, -0.1) is 0 Å². The summed E-state index contributed by atoms with van der Waals surface area (Å²) in [6, 6.07) is 7.08. The molecule has 0 fully saturated rings.